The number of carboxylic acids is 1. The molecule has 8 atom stereocenters. The van der Waals surface area contributed by atoms with Gasteiger partial charge in [-0.05, 0) is 80.6 Å². The monoisotopic (exact) mass is 462 g/mol. The molecule has 4 aliphatic rings. The molecule has 0 aliphatic heterocycles. The molecule has 0 aromatic rings. The summed E-state index contributed by atoms with van der Waals surface area (Å²) in [5, 5.41) is 41.2. The normalized spacial score (nSPS) is 44.5. The number of ketones is 2. The van der Waals surface area contributed by atoms with E-state index in [9.17, 15) is 29.7 Å². The first-order valence-electron chi connectivity index (χ1n) is 12.5. The van der Waals surface area contributed by atoms with E-state index in [1.165, 1.54) is 0 Å². The number of unbranched alkanes of at least 4 members (excludes halogenated alkanes) is 1. The summed E-state index contributed by atoms with van der Waals surface area (Å²) in [5.41, 5.74) is -1.59. The first kappa shape index (κ1) is 24.6. The number of allylic oxidation sites excluding steroid dienone is 1. The van der Waals surface area contributed by atoms with Crippen LogP contribution >= 0.6 is 0 Å². The lowest BCUT2D eigenvalue weighted by molar-refractivity contribution is -0.183. The average molecular weight is 463 g/mol. The van der Waals surface area contributed by atoms with E-state index in [1.54, 1.807) is 6.08 Å². The molecular weight excluding hydrogens is 424 g/mol. The Kier molecular flexibility index (Phi) is 6.38. The summed E-state index contributed by atoms with van der Waals surface area (Å²) in [6, 6.07) is 0. The second-order valence-corrected chi connectivity index (χ2v) is 11.5. The number of hydrogen-bond donors (Lipinski definition) is 4. The summed E-state index contributed by atoms with van der Waals surface area (Å²) in [7, 11) is 0. The molecule has 0 radical (unpaired) electrons. The maximum absolute atomic E-state index is 12.8. The van der Waals surface area contributed by atoms with E-state index in [0.717, 1.165) is 18.4 Å². The van der Waals surface area contributed by atoms with Gasteiger partial charge in [0.2, 0.25) is 0 Å². The van der Waals surface area contributed by atoms with Gasteiger partial charge in [0.15, 0.2) is 11.6 Å². The minimum atomic E-state index is -1.61. The van der Waals surface area contributed by atoms with E-state index in [2.05, 4.69) is 6.92 Å². The number of carbonyl (C=O) groups is 3. The van der Waals surface area contributed by atoms with Gasteiger partial charge in [-0.3, -0.25) is 14.4 Å². The molecule has 3 fully saturated rings. The van der Waals surface area contributed by atoms with Crippen LogP contribution in [0.15, 0.2) is 11.6 Å². The zero-order valence-corrected chi connectivity index (χ0v) is 19.8. The molecule has 3 saturated carbocycles. The number of aliphatic hydroxyl groups excluding tert-OH is 2. The predicted molar refractivity (Wildman–Crippen MR) is 120 cm³/mol. The van der Waals surface area contributed by atoms with Crippen molar-refractivity contribution in [2.24, 2.45) is 34.5 Å². The van der Waals surface area contributed by atoms with Gasteiger partial charge in [-0.2, -0.15) is 0 Å². The van der Waals surface area contributed by atoms with Crippen LogP contribution in [0.2, 0.25) is 0 Å². The smallest absolute Gasteiger partial charge is 0.303 e. The van der Waals surface area contributed by atoms with Gasteiger partial charge in [-0.1, -0.05) is 25.8 Å². The van der Waals surface area contributed by atoms with Crippen molar-refractivity contribution >= 4 is 17.5 Å². The molecule has 0 saturated heterocycles. The lowest BCUT2D eigenvalue weighted by atomic mass is 9.44. The molecule has 0 spiro atoms. The summed E-state index contributed by atoms with van der Waals surface area (Å²) in [4.78, 5) is 36.2. The predicted octanol–water partition coefficient (Wildman–Crippen LogP) is 2.65. The Morgan fingerprint density at radius 2 is 1.88 bits per heavy atom. The second kappa shape index (κ2) is 8.58. The molecule has 4 N–H and O–H groups in total. The topological polar surface area (TPSA) is 132 Å². The van der Waals surface area contributed by atoms with E-state index in [1.807, 2.05) is 6.92 Å². The number of aliphatic carboxylic acids is 1. The van der Waals surface area contributed by atoms with Crippen molar-refractivity contribution in [2.75, 3.05) is 6.61 Å². The zero-order valence-electron chi connectivity index (χ0n) is 19.8. The first-order chi connectivity index (χ1) is 15.5. The lowest BCUT2D eigenvalue weighted by Gasteiger charge is -2.61. The maximum atomic E-state index is 12.8. The number of hydrogen-bond acceptors (Lipinski definition) is 6. The van der Waals surface area contributed by atoms with E-state index >= 15 is 0 Å². The van der Waals surface area contributed by atoms with Crippen LogP contribution in [0, 0.1) is 34.5 Å². The van der Waals surface area contributed by atoms with Crippen LogP contribution in [0.5, 0.6) is 0 Å². The number of fused-ring (bicyclic) bond motifs is 5. The van der Waals surface area contributed by atoms with E-state index < -0.39 is 35.5 Å². The van der Waals surface area contributed by atoms with E-state index in [0.29, 0.717) is 44.9 Å². The van der Waals surface area contributed by atoms with Crippen molar-refractivity contribution in [3.63, 3.8) is 0 Å². The van der Waals surface area contributed by atoms with Gasteiger partial charge in [0.1, 0.15) is 12.2 Å². The summed E-state index contributed by atoms with van der Waals surface area (Å²) in [5.74, 6) is -1.24. The molecule has 7 nitrogen and oxygen atoms in total. The third-order valence-electron chi connectivity index (χ3n) is 10.0. The van der Waals surface area contributed by atoms with Crippen LogP contribution in [0.1, 0.15) is 78.1 Å². The number of rotatable bonds is 7. The molecule has 4 rings (SSSR count). The largest absolute Gasteiger partial charge is 0.481 e. The van der Waals surface area contributed by atoms with Gasteiger partial charge in [0, 0.05) is 17.8 Å². The van der Waals surface area contributed by atoms with Crippen molar-refractivity contribution in [1.82, 2.24) is 0 Å². The van der Waals surface area contributed by atoms with Crippen LogP contribution in [0.4, 0.5) is 0 Å². The fourth-order valence-corrected chi connectivity index (χ4v) is 8.38. The summed E-state index contributed by atoms with van der Waals surface area (Å²) in [6.07, 6.45) is 6.67. The van der Waals surface area contributed by atoms with Gasteiger partial charge < -0.3 is 20.4 Å². The molecule has 184 valence electrons. The van der Waals surface area contributed by atoms with Crippen molar-refractivity contribution in [3.8, 4) is 0 Å². The van der Waals surface area contributed by atoms with Gasteiger partial charge in [-0.15, -0.1) is 0 Å². The molecule has 33 heavy (non-hydrogen) atoms. The molecule has 4 aliphatic carbocycles. The highest BCUT2D eigenvalue weighted by Crippen LogP contribution is 2.68. The van der Waals surface area contributed by atoms with Crippen molar-refractivity contribution < 1.29 is 34.8 Å². The van der Waals surface area contributed by atoms with Crippen molar-refractivity contribution in [3.05, 3.63) is 11.6 Å². The number of carbonyl (C=O) groups excluding carboxylic acids is 2. The highest BCUT2D eigenvalue weighted by atomic mass is 16.4. The van der Waals surface area contributed by atoms with Crippen LogP contribution in [0.3, 0.4) is 0 Å². The van der Waals surface area contributed by atoms with Crippen molar-refractivity contribution in [1.29, 1.82) is 0 Å². The Bertz CT molecular complexity index is 865. The van der Waals surface area contributed by atoms with E-state index in [-0.39, 0.29) is 41.3 Å². The van der Waals surface area contributed by atoms with Gasteiger partial charge in [0.05, 0.1) is 6.10 Å². The Hall–Kier alpha value is -1.57. The molecule has 0 aromatic heterocycles. The minimum Gasteiger partial charge on any atom is -0.481 e. The standard InChI is InChI=1S/C26H38O7/c1-24-12-15(5-3-4-6-22(31)32)19(28)11-16(24)7-8-17-18-9-10-26(33,21(30)14-27)25(18,2)13-20(29)23(17)24/h11,15,17-18,20,23,27,29,33H,3-10,12-14H2,1-2H3,(H,31,32)/t15?,17-,18-,20-,23+,24-,25-,26-/m0/s1. The second-order valence-electron chi connectivity index (χ2n) is 11.5. The lowest BCUT2D eigenvalue weighted by Crippen LogP contribution is -2.62. The third kappa shape index (κ3) is 3.71. The highest BCUT2D eigenvalue weighted by Gasteiger charge is 2.68. The van der Waals surface area contributed by atoms with Crippen LogP contribution in [-0.4, -0.2) is 56.3 Å². The van der Waals surface area contributed by atoms with Crippen LogP contribution in [-0.2, 0) is 14.4 Å². The van der Waals surface area contributed by atoms with Gasteiger partial charge in [-0.25, -0.2) is 0 Å². The summed E-state index contributed by atoms with van der Waals surface area (Å²) in [6.45, 7) is 3.37. The maximum Gasteiger partial charge on any atom is 0.303 e. The summed E-state index contributed by atoms with van der Waals surface area (Å²) >= 11 is 0. The average Bonchev–Trinajstić information content (AvgIpc) is 3.02. The number of aliphatic hydroxyl groups is 3. The molecule has 0 amide bonds. The minimum absolute atomic E-state index is 0.0447. The first-order valence-corrected chi connectivity index (χ1v) is 12.5. The number of Topliss-reactive ketones (excluding diaryl/α,β-unsaturated/α-hetero) is 1. The van der Waals surface area contributed by atoms with E-state index in [4.69, 9.17) is 5.11 Å². The summed E-state index contributed by atoms with van der Waals surface area (Å²) < 4.78 is 0. The fraction of sp³-hybridized carbons (Fsp3) is 0.808. The molecule has 1 unspecified atom stereocenters. The Balaban J connectivity index is 1.59. The Morgan fingerprint density at radius 1 is 1.15 bits per heavy atom. The zero-order chi connectivity index (χ0) is 24.2. The Labute approximate surface area is 195 Å². The molecular formula is C26H38O7. The third-order valence-corrected chi connectivity index (χ3v) is 10.0. The number of carboxylic acid groups (broad SMARTS) is 1. The molecule has 0 bridgehead atoms. The van der Waals surface area contributed by atoms with Gasteiger partial charge >= 0.3 is 5.97 Å². The fourth-order valence-electron chi connectivity index (χ4n) is 8.38. The Morgan fingerprint density at radius 3 is 2.55 bits per heavy atom. The van der Waals surface area contributed by atoms with Crippen LogP contribution < -0.4 is 0 Å². The SMILES string of the molecule is C[C@]12CC(CCCCC(=O)O)C(=O)C=C1CC[C@@H]1[C@@H]2[C@@H](O)C[C@@]2(C)[C@H]1CC[C@]2(O)C(=O)CO. The van der Waals surface area contributed by atoms with Crippen LogP contribution in [0.25, 0.3) is 0 Å². The molecule has 0 heterocycles. The molecule has 0 aromatic carbocycles. The highest BCUT2D eigenvalue weighted by molar-refractivity contribution is 5.94. The van der Waals surface area contributed by atoms with Gasteiger partial charge in [0.25, 0.3) is 0 Å². The quantitative estimate of drug-likeness (QED) is 0.428. The van der Waals surface area contributed by atoms with Crippen molar-refractivity contribution in [2.45, 2.75) is 89.8 Å². The molecule has 7 heteroatoms.